The van der Waals surface area contributed by atoms with Crippen LogP contribution in [0, 0.1) is 0 Å². The molecule has 0 aliphatic carbocycles. The second-order valence-electron chi connectivity index (χ2n) is 6.97. The molecule has 166 valence electrons. The molecule has 0 saturated heterocycles. The number of rotatable bonds is 8. The lowest BCUT2D eigenvalue weighted by atomic mass is 10.2. The lowest BCUT2D eigenvalue weighted by molar-refractivity contribution is -0.140. The number of ketones is 1. The number of likely N-dealkylation sites (N-methyl/N-ethyl adjacent to an activating group) is 1. The summed E-state index contributed by atoms with van der Waals surface area (Å²) >= 11 is 0. The van der Waals surface area contributed by atoms with Crippen LogP contribution in [0.4, 0.5) is 11.8 Å². The van der Waals surface area contributed by atoms with Crippen LogP contribution >= 0.6 is 0 Å². The lowest BCUT2D eigenvalue weighted by Crippen LogP contribution is -2.43. The van der Waals surface area contributed by atoms with E-state index < -0.39 is 35.2 Å². The van der Waals surface area contributed by atoms with Gasteiger partial charge in [0.05, 0.1) is 6.54 Å². The fourth-order valence-corrected chi connectivity index (χ4v) is 2.98. The number of benzene rings is 1. The highest BCUT2D eigenvalue weighted by atomic mass is 16.5. The molecule has 0 amide bonds. The molecule has 32 heavy (non-hydrogen) atoms. The molecule has 0 saturated carbocycles. The SMILES string of the molecule is CN(CC(=O)OCC(=O)c1c(N)n(Cc2ccccc2)c(=O)n(C)c1=O)c1ncccn1. The van der Waals surface area contributed by atoms with Gasteiger partial charge < -0.3 is 15.4 Å². The van der Waals surface area contributed by atoms with Crippen molar-refractivity contribution in [1.29, 1.82) is 0 Å². The van der Waals surface area contributed by atoms with Gasteiger partial charge in [0.1, 0.15) is 17.9 Å². The van der Waals surface area contributed by atoms with E-state index in [2.05, 4.69) is 9.97 Å². The molecule has 1 aromatic carbocycles. The first kappa shape index (κ1) is 22.4. The Balaban J connectivity index is 1.76. The number of ether oxygens (including phenoxy) is 1. The molecule has 0 aliphatic heterocycles. The first-order valence-electron chi connectivity index (χ1n) is 9.59. The number of anilines is 2. The fourth-order valence-electron chi connectivity index (χ4n) is 2.98. The molecule has 2 N–H and O–H groups in total. The van der Waals surface area contributed by atoms with Gasteiger partial charge in [0.2, 0.25) is 11.7 Å². The van der Waals surface area contributed by atoms with E-state index >= 15 is 0 Å². The van der Waals surface area contributed by atoms with Gasteiger partial charge in [-0.05, 0) is 11.6 Å². The summed E-state index contributed by atoms with van der Waals surface area (Å²) in [4.78, 5) is 59.4. The number of Topliss-reactive ketones (excluding diaryl/α,β-unsaturated/α-hetero) is 1. The van der Waals surface area contributed by atoms with Gasteiger partial charge >= 0.3 is 11.7 Å². The lowest BCUT2D eigenvalue weighted by Gasteiger charge is -2.16. The van der Waals surface area contributed by atoms with Crippen molar-refractivity contribution in [2.24, 2.45) is 7.05 Å². The minimum Gasteiger partial charge on any atom is -0.456 e. The van der Waals surface area contributed by atoms with Crippen LogP contribution in [0.3, 0.4) is 0 Å². The Bertz CT molecular complexity index is 1240. The quantitative estimate of drug-likeness (QED) is 0.374. The van der Waals surface area contributed by atoms with Gasteiger partial charge in [-0.3, -0.25) is 23.5 Å². The zero-order valence-electron chi connectivity index (χ0n) is 17.6. The van der Waals surface area contributed by atoms with Crippen molar-refractivity contribution in [3.05, 3.63) is 80.8 Å². The van der Waals surface area contributed by atoms with Crippen LogP contribution in [-0.4, -0.2) is 51.1 Å². The molecule has 0 fully saturated rings. The summed E-state index contributed by atoms with van der Waals surface area (Å²) in [7, 11) is 2.84. The highest BCUT2D eigenvalue weighted by molar-refractivity contribution is 6.01. The predicted molar refractivity (Wildman–Crippen MR) is 116 cm³/mol. The standard InChI is InChI=1S/C21H22N6O5/c1-25(20-23-9-6-10-24-20)12-16(29)32-13-15(28)17-18(22)27(21(31)26(2)19(17)30)11-14-7-4-3-5-8-14/h3-10H,11-13,22H2,1-2H3. The van der Waals surface area contributed by atoms with E-state index in [-0.39, 0.29) is 18.9 Å². The number of carbonyl (C=O) groups is 2. The Hall–Kier alpha value is -4.28. The molecule has 11 heteroatoms. The normalized spacial score (nSPS) is 10.6. The van der Waals surface area contributed by atoms with E-state index in [9.17, 15) is 19.2 Å². The number of nitrogens with zero attached hydrogens (tertiary/aromatic N) is 5. The van der Waals surface area contributed by atoms with Crippen LogP contribution in [0.25, 0.3) is 0 Å². The van der Waals surface area contributed by atoms with Crippen LogP contribution in [0.2, 0.25) is 0 Å². The van der Waals surface area contributed by atoms with Crippen LogP contribution < -0.4 is 21.9 Å². The summed E-state index contributed by atoms with van der Waals surface area (Å²) in [5, 5.41) is 0. The van der Waals surface area contributed by atoms with Crippen molar-refractivity contribution in [2.45, 2.75) is 6.54 Å². The van der Waals surface area contributed by atoms with Crippen molar-refractivity contribution < 1.29 is 14.3 Å². The van der Waals surface area contributed by atoms with Crippen molar-refractivity contribution in [2.75, 3.05) is 30.8 Å². The maximum atomic E-state index is 12.7. The van der Waals surface area contributed by atoms with Crippen LogP contribution in [0.5, 0.6) is 0 Å². The number of nitrogens with two attached hydrogens (primary N) is 1. The average Bonchev–Trinajstić information content (AvgIpc) is 2.80. The first-order valence-corrected chi connectivity index (χ1v) is 9.59. The fraction of sp³-hybridized carbons (Fsp3) is 0.238. The van der Waals surface area contributed by atoms with E-state index in [0.717, 1.165) is 14.7 Å². The minimum atomic E-state index is -0.854. The maximum absolute atomic E-state index is 12.7. The van der Waals surface area contributed by atoms with E-state index in [4.69, 9.17) is 10.5 Å². The summed E-state index contributed by atoms with van der Waals surface area (Å²) in [6.45, 7) is -0.842. The van der Waals surface area contributed by atoms with Crippen LogP contribution in [0.15, 0.2) is 58.4 Å². The molecule has 11 nitrogen and oxygen atoms in total. The van der Waals surface area contributed by atoms with Gasteiger partial charge in [0.25, 0.3) is 5.56 Å². The van der Waals surface area contributed by atoms with Gasteiger partial charge in [-0.1, -0.05) is 30.3 Å². The number of hydrogen-bond donors (Lipinski definition) is 1. The molecule has 0 aliphatic rings. The van der Waals surface area contributed by atoms with Gasteiger partial charge in [0.15, 0.2) is 6.61 Å². The first-order chi connectivity index (χ1) is 15.3. The number of hydrogen-bond acceptors (Lipinski definition) is 9. The third-order valence-corrected chi connectivity index (χ3v) is 4.67. The number of nitrogen functional groups attached to an aromatic ring is 1. The molecule has 0 radical (unpaired) electrons. The van der Waals surface area contributed by atoms with Crippen molar-refractivity contribution in [3.8, 4) is 0 Å². The van der Waals surface area contributed by atoms with E-state index in [1.807, 2.05) is 6.07 Å². The third kappa shape index (κ3) is 4.89. The Morgan fingerprint density at radius 1 is 1.09 bits per heavy atom. The average molecular weight is 438 g/mol. The molecule has 2 heterocycles. The number of aromatic nitrogens is 4. The molecule has 0 unspecified atom stereocenters. The Labute approximate surface area is 182 Å². The second kappa shape index (κ2) is 9.69. The van der Waals surface area contributed by atoms with Crippen molar-refractivity contribution in [1.82, 2.24) is 19.1 Å². The predicted octanol–water partition coefficient (Wildman–Crippen LogP) is -0.170. The van der Waals surface area contributed by atoms with Gasteiger partial charge in [-0.15, -0.1) is 0 Å². The van der Waals surface area contributed by atoms with Gasteiger partial charge in [-0.25, -0.2) is 14.8 Å². The minimum absolute atomic E-state index is 0.0710. The molecular formula is C21H22N6O5. The molecule has 0 spiro atoms. The van der Waals surface area contributed by atoms with Gasteiger partial charge in [0, 0.05) is 26.5 Å². The van der Waals surface area contributed by atoms with E-state index in [0.29, 0.717) is 5.95 Å². The van der Waals surface area contributed by atoms with E-state index in [1.165, 1.54) is 24.3 Å². The van der Waals surface area contributed by atoms with Crippen LogP contribution in [0.1, 0.15) is 15.9 Å². The number of carbonyl (C=O) groups excluding carboxylic acids is 2. The topological polar surface area (TPSA) is 142 Å². The largest absolute Gasteiger partial charge is 0.456 e. The summed E-state index contributed by atoms with van der Waals surface area (Å²) in [6.07, 6.45) is 3.05. The summed E-state index contributed by atoms with van der Waals surface area (Å²) in [5.74, 6) is -1.50. The van der Waals surface area contributed by atoms with E-state index in [1.54, 1.807) is 37.4 Å². The Kier molecular flexibility index (Phi) is 6.78. The zero-order chi connectivity index (χ0) is 23.3. The summed E-state index contributed by atoms with van der Waals surface area (Å²) < 4.78 is 6.94. The van der Waals surface area contributed by atoms with Crippen LogP contribution in [-0.2, 0) is 23.1 Å². The Morgan fingerprint density at radius 3 is 2.41 bits per heavy atom. The zero-order valence-corrected chi connectivity index (χ0v) is 17.6. The van der Waals surface area contributed by atoms with Crippen molar-refractivity contribution >= 4 is 23.5 Å². The molecule has 0 atom stereocenters. The smallest absolute Gasteiger partial charge is 0.332 e. The monoisotopic (exact) mass is 438 g/mol. The van der Waals surface area contributed by atoms with Gasteiger partial charge in [-0.2, -0.15) is 0 Å². The summed E-state index contributed by atoms with van der Waals surface area (Å²) in [6, 6.07) is 10.6. The molecule has 3 aromatic rings. The Morgan fingerprint density at radius 2 is 1.75 bits per heavy atom. The molecular weight excluding hydrogens is 416 g/mol. The second-order valence-corrected chi connectivity index (χ2v) is 6.97. The highest BCUT2D eigenvalue weighted by Gasteiger charge is 2.23. The highest BCUT2D eigenvalue weighted by Crippen LogP contribution is 2.10. The number of esters is 1. The summed E-state index contributed by atoms with van der Waals surface area (Å²) in [5.41, 5.74) is 4.87. The molecule has 3 rings (SSSR count). The molecule has 0 bridgehead atoms. The third-order valence-electron chi connectivity index (χ3n) is 4.67. The van der Waals surface area contributed by atoms with Crippen molar-refractivity contribution in [3.63, 3.8) is 0 Å². The molecule has 2 aromatic heterocycles. The maximum Gasteiger partial charge on any atom is 0.332 e.